The fourth-order valence-electron chi connectivity index (χ4n) is 3.15. The minimum atomic E-state index is -4.74. The van der Waals surface area contributed by atoms with Crippen molar-refractivity contribution in [3.63, 3.8) is 0 Å². The maximum atomic E-state index is 12.4. The van der Waals surface area contributed by atoms with Gasteiger partial charge in [0, 0.05) is 5.57 Å². The Bertz CT molecular complexity index is 999. The first-order valence-corrected chi connectivity index (χ1v) is 9.88. The number of allylic oxidation sites excluding steroid dienone is 4. The lowest BCUT2D eigenvalue weighted by Gasteiger charge is -2.22. The van der Waals surface area contributed by atoms with Crippen LogP contribution in [0.5, 0.6) is 5.75 Å². The molecule has 1 aliphatic heterocycles. The van der Waals surface area contributed by atoms with Gasteiger partial charge in [0.05, 0.1) is 18.4 Å². The zero-order valence-corrected chi connectivity index (χ0v) is 18.1. The van der Waals surface area contributed by atoms with Gasteiger partial charge in [-0.25, -0.2) is 4.68 Å². The van der Waals surface area contributed by atoms with Crippen LogP contribution in [0.1, 0.15) is 26.5 Å². The fraction of sp³-hybridized carbons (Fsp3) is 0.364. The van der Waals surface area contributed by atoms with Gasteiger partial charge in [0.2, 0.25) is 0 Å². The Labute approximate surface area is 184 Å². The molecule has 0 N–H and O–H groups in total. The highest BCUT2D eigenvalue weighted by molar-refractivity contribution is 5.71. The van der Waals surface area contributed by atoms with E-state index >= 15 is 0 Å². The van der Waals surface area contributed by atoms with Gasteiger partial charge in [0.15, 0.2) is 0 Å². The molecule has 172 valence electrons. The minimum Gasteiger partial charge on any atom is -0.491 e. The number of hydrogen-bond acceptors (Lipinski definition) is 6. The Kier molecular flexibility index (Phi) is 6.93. The van der Waals surface area contributed by atoms with Crippen molar-refractivity contribution in [1.29, 1.82) is 0 Å². The number of benzene rings is 1. The number of hydrogen-bond donors (Lipinski definition) is 0. The highest BCUT2D eigenvalue weighted by Crippen LogP contribution is 2.25. The SMILES string of the molecule is C=CN1COC(C)(COc2ccc(-n3cc(C(C=C(C)OC(F)(F)F)=CC)nn3)cc2)C1. The molecule has 1 aromatic carbocycles. The van der Waals surface area contributed by atoms with Crippen LogP contribution >= 0.6 is 0 Å². The van der Waals surface area contributed by atoms with Crippen LogP contribution in [0.2, 0.25) is 0 Å². The summed E-state index contributed by atoms with van der Waals surface area (Å²) in [5.41, 5.74) is 1.17. The van der Waals surface area contributed by atoms with Crippen molar-refractivity contribution in [2.24, 2.45) is 0 Å². The molecule has 7 nitrogen and oxygen atoms in total. The zero-order chi connectivity index (χ0) is 23.4. The summed E-state index contributed by atoms with van der Waals surface area (Å²) in [5.74, 6) is 0.380. The predicted octanol–water partition coefficient (Wildman–Crippen LogP) is 4.68. The monoisotopic (exact) mass is 450 g/mol. The summed E-state index contributed by atoms with van der Waals surface area (Å²) in [6, 6.07) is 7.23. The van der Waals surface area contributed by atoms with Gasteiger partial charge in [0.25, 0.3) is 0 Å². The summed E-state index contributed by atoms with van der Waals surface area (Å²) in [6.07, 6.45) is 1.52. The number of nitrogens with zero attached hydrogens (tertiary/aromatic N) is 4. The summed E-state index contributed by atoms with van der Waals surface area (Å²) in [4.78, 5) is 1.97. The van der Waals surface area contributed by atoms with Crippen LogP contribution in [-0.2, 0) is 9.47 Å². The van der Waals surface area contributed by atoms with Gasteiger partial charge >= 0.3 is 6.36 Å². The topological polar surface area (TPSA) is 61.6 Å². The van der Waals surface area contributed by atoms with E-state index in [-0.39, 0.29) is 5.76 Å². The molecule has 2 heterocycles. The quantitative estimate of drug-likeness (QED) is 0.430. The van der Waals surface area contributed by atoms with Crippen LogP contribution in [-0.4, -0.2) is 51.7 Å². The molecule has 2 aromatic rings. The Hall–Kier alpha value is -3.27. The highest BCUT2D eigenvalue weighted by atomic mass is 19.4. The van der Waals surface area contributed by atoms with Crippen molar-refractivity contribution in [1.82, 2.24) is 19.9 Å². The van der Waals surface area contributed by atoms with E-state index in [0.29, 0.717) is 36.9 Å². The maximum absolute atomic E-state index is 12.4. The van der Waals surface area contributed by atoms with E-state index < -0.39 is 12.0 Å². The summed E-state index contributed by atoms with van der Waals surface area (Å²) < 4.78 is 54.2. The molecule has 0 spiro atoms. The van der Waals surface area contributed by atoms with E-state index in [9.17, 15) is 13.2 Å². The van der Waals surface area contributed by atoms with Gasteiger partial charge in [0.1, 0.15) is 36.1 Å². The van der Waals surface area contributed by atoms with Crippen molar-refractivity contribution < 1.29 is 27.4 Å². The Morgan fingerprint density at radius 1 is 1.31 bits per heavy atom. The van der Waals surface area contributed by atoms with Crippen LogP contribution in [0.15, 0.2) is 61.2 Å². The van der Waals surface area contributed by atoms with Gasteiger partial charge < -0.3 is 19.1 Å². The first-order valence-electron chi connectivity index (χ1n) is 9.88. The number of aromatic nitrogens is 3. The highest BCUT2D eigenvalue weighted by Gasteiger charge is 2.34. The number of alkyl halides is 3. The molecule has 10 heteroatoms. The average molecular weight is 450 g/mol. The van der Waals surface area contributed by atoms with E-state index in [0.717, 1.165) is 5.69 Å². The molecule has 32 heavy (non-hydrogen) atoms. The fourth-order valence-corrected chi connectivity index (χ4v) is 3.15. The second-order valence-electron chi connectivity index (χ2n) is 7.53. The molecule has 0 aliphatic carbocycles. The number of halogens is 3. The molecule has 3 rings (SSSR count). The normalized spacial score (nSPS) is 19.9. The summed E-state index contributed by atoms with van der Waals surface area (Å²) >= 11 is 0. The molecule has 0 bridgehead atoms. The molecule has 1 saturated heterocycles. The van der Waals surface area contributed by atoms with Gasteiger partial charge in [-0.2, -0.15) is 0 Å². The third kappa shape index (κ3) is 6.13. The molecule has 1 atom stereocenters. The van der Waals surface area contributed by atoms with Crippen LogP contribution in [0, 0.1) is 0 Å². The minimum absolute atomic E-state index is 0.294. The second-order valence-corrected chi connectivity index (χ2v) is 7.53. The second kappa shape index (κ2) is 9.47. The lowest BCUT2D eigenvalue weighted by molar-refractivity contribution is -0.305. The predicted molar refractivity (Wildman–Crippen MR) is 113 cm³/mol. The van der Waals surface area contributed by atoms with E-state index in [1.165, 1.54) is 17.7 Å². The lowest BCUT2D eigenvalue weighted by Crippen LogP contribution is -2.36. The summed E-state index contributed by atoms with van der Waals surface area (Å²) in [6.45, 7) is 10.2. The number of ether oxygens (including phenoxy) is 3. The Morgan fingerprint density at radius 2 is 2.03 bits per heavy atom. The lowest BCUT2D eigenvalue weighted by atomic mass is 10.1. The molecular weight excluding hydrogens is 425 g/mol. The van der Waals surface area contributed by atoms with Crippen molar-refractivity contribution >= 4 is 5.57 Å². The van der Waals surface area contributed by atoms with E-state index in [2.05, 4.69) is 21.6 Å². The molecule has 1 aromatic heterocycles. The van der Waals surface area contributed by atoms with Crippen molar-refractivity contribution in [2.75, 3.05) is 19.9 Å². The van der Waals surface area contributed by atoms with E-state index in [1.54, 1.807) is 37.5 Å². The first kappa shape index (κ1) is 23.4. The van der Waals surface area contributed by atoms with Crippen molar-refractivity contribution in [2.45, 2.75) is 32.7 Å². The van der Waals surface area contributed by atoms with E-state index in [4.69, 9.17) is 9.47 Å². The van der Waals surface area contributed by atoms with Crippen molar-refractivity contribution in [3.05, 3.63) is 66.8 Å². The molecule has 1 unspecified atom stereocenters. The van der Waals surface area contributed by atoms with Gasteiger partial charge in [-0.15, -0.1) is 18.3 Å². The smallest absolute Gasteiger partial charge is 0.491 e. The Balaban J connectivity index is 1.65. The molecule has 1 fully saturated rings. The molecular formula is C22H25F3N4O3. The molecule has 0 saturated carbocycles. The third-order valence-corrected chi connectivity index (χ3v) is 4.76. The molecule has 0 radical (unpaired) electrons. The summed E-state index contributed by atoms with van der Waals surface area (Å²) in [7, 11) is 0. The van der Waals surface area contributed by atoms with Gasteiger partial charge in [-0.3, -0.25) is 0 Å². The summed E-state index contributed by atoms with van der Waals surface area (Å²) in [5, 5.41) is 8.11. The van der Waals surface area contributed by atoms with Crippen LogP contribution < -0.4 is 4.74 Å². The Morgan fingerprint density at radius 3 is 2.62 bits per heavy atom. The molecule has 0 amide bonds. The van der Waals surface area contributed by atoms with Crippen LogP contribution in [0.3, 0.4) is 0 Å². The molecule has 1 aliphatic rings. The van der Waals surface area contributed by atoms with Crippen molar-refractivity contribution in [3.8, 4) is 11.4 Å². The zero-order valence-electron chi connectivity index (χ0n) is 18.1. The maximum Gasteiger partial charge on any atom is 0.572 e. The van der Waals surface area contributed by atoms with Gasteiger partial charge in [-0.1, -0.05) is 17.9 Å². The third-order valence-electron chi connectivity index (χ3n) is 4.76. The van der Waals surface area contributed by atoms with Crippen LogP contribution in [0.4, 0.5) is 13.2 Å². The standard InChI is InChI=1S/C22H25F3N4O3/c1-5-17(11-16(3)32-22(23,24)25)20-12-29(27-26-20)18-7-9-19(10-8-18)30-14-21(4)13-28(6-2)15-31-21/h5-12H,2,13-15H2,1,3-4H3. The average Bonchev–Trinajstić information content (AvgIpc) is 3.37. The van der Waals surface area contributed by atoms with E-state index in [1.807, 2.05) is 24.0 Å². The van der Waals surface area contributed by atoms with Gasteiger partial charge in [-0.05, 0) is 57.3 Å². The van der Waals surface area contributed by atoms with Crippen LogP contribution in [0.25, 0.3) is 11.3 Å². The largest absolute Gasteiger partial charge is 0.572 e. The number of rotatable bonds is 8. The first-order chi connectivity index (χ1) is 15.1.